The average molecular weight is 471 g/mol. The van der Waals surface area contributed by atoms with Crippen LogP contribution in [0.4, 0.5) is 15.9 Å². The first-order valence-electron chi connectivity index (χ1n) is 10.6. The molecule has 3 aromatic rings. The van der Waals surface area contributed by atoms with E-state index in [1.165, 1.54) is 30.3 Å². The van der Waals surface area contributed by atoms with E-state index in [9.17, 15) is 17.6 Å². The zero-order chi connectivity index (χ0) is 24.0. The standard InChI is InChI=1S/C24H27FN4O3S/c1-4-29(5-2)23-13-11-18(15-26-23)16-27-24(30)20-14-19(12-10-17(20)3)33(31,32)28-22-9-7-6-8-21(22)25/h6-15,28H,4-5,16H2,1-3H3,(H,27,30). The van der Waals surface area contributed by atoms with Crippen molar-refractivity contribution in [1.82, 2.24) is 10.3 Å². The predicted molar refractivity (Wildman–Crippen MR) is 127 cm³/mol. The number of carbonyl (C=O) groups excluding carboxylic acids is 1. The van der Waals surface area contributed by atoms with E-state index in [0.717, 1.165) is 30.5 Å². The van der Waals surface area contributed by atoms with Crippen LogP contribution in [0.3, 0.4) is 0 Å². The largest absolute Gasteiger partial charge is 0.357 e. The van der Waals surface area contributed by atoms with Gasteiger partial charge in [-0.25, -0.2) is 17.8 Å². The van der Waals surface area contributed by atoms with Gasteiger partial charge >= 0.3 is 0 Å². The lowest BCUT2D eigenvalue weighted by Crippen LogP contribution is -2.25. The number of benzene rings is 2. The van der Waals surface area contributed by atoms with Crippen LogP contribution >= 0.6 is 0 Å². The Kier molecular flexibility index (Phi) is 7.65. The number of aromatic nitrogens is 1. The molecule has 2 N–H and O–H groups in total. The molecular weight excluding hydrogens is 443 g/mol. The molecule has 1 heterocycles. The number of para-hydroxylation sites is 1. The predicted octanol–water partition coefficient (Wildman–Crippen LogP) is 4.11. The summed E-state index contributed by atoms with van der Waals surface area (Å²) in [6.07, 6.45) is 1.71. The van der Waals surface area contributed by atoms with Gasteiger partial charge in [-0.05, 0) is 62.2 Å². The molecule has 0 bridgehead atoms. The fourth-order valence-electron chi connectivity index (χ4n) is 3.29. The third-order valence-electron chi connectivity index (χ3n) is 5.23. The van der Waals surface area contributed by atoms with Crippen LogP contribution in [0.15, 0.2) is 65.7 Å². The molecule has 0 fully saturated rings. The fraction of sp³-hybridized carbons (Fsp3) is 0.250. The van der Waals surface area contributed by atoms with Crippen molar-refractivity contribution in [3.05, 3.63) is 83.3 Å². The van der Waals surface area contributed by atoms with Crippen molar-refractivity contribution in [3.63, 3.8) is 0 Å². The number of amides is 1. The van der Waals surface area contributed by atoms with E-state index >= 15 is 0 Å². The van der Waals surface area contributed by atoms with Crippen molar-refractivity contribution in [2.75, 3.05) is 22.7 Å². The SMILES string of the molecule is CCN(CC)c1ccc(CNC(=O)c2cc(S(=O)(=O)Nc3ccccc3F)ccc2C)cn1. The fourth-order valence-corrected chi connectivity index (χ4v) is 4.39. The molecule has 3 rings (SSSR count). The van der Waals surface area contributed by atoms with Gasteiger partial charge in [0.15, 0.2) is 0 Å². The maximum Gasteiger partial charge on any atom is 0.262 e. The zero-order valence-corrected chi connectivity index (χ0v) is 19.6. The number of rotatable bonds is 9. The Labute approximate surface area is 193 Å². The van der Waals surface area contributed by atoms with Crippen molar-refractivity contribution in [2.24, 2.45) is 0 Å². The second-order valence-corrected chi connectivity index (χ2v) is 9.12. The lowest BCUT2D eigenvalue weighted by Gasteiger charge is -2.19. The first kappa shape index (κ1) is 24.2. The van der Waals surface area contributed by atoms with Crippen LogP contribution in [0.25, 0.3) is 0 Å². The Hall–Kier alpha value is -3.46. The molecular formula is C24H27FN4O3S. The summed E-state index contributed by atoms with van der Waals surface area (Å²) in [6.45, 7) is 7.78. The molecule has 9 heteroatoms. The number of nitrogens with one attached hydrogen (secondary N) is 2. The molecule has 33 heavy (non-hydrogen) atoms. The number of carbonyl (C=O) groups is 1. The van der Waals surface area contributed by atoms with E-state index in [-0.39, 0.29) is 22.7 Å². The molecule has 0 unspecified atom stereocenters. The molecule has 0 atom stereocenters. The molecule has 2 aromatic carbocycles. The molecule has 0 saturated heterocycles. The Morgan fingerprint density at radius 3 is 2.42 bits per heavy atom. The maximum absolute atomic E-state index is 13.9. The number of sulfonamides is 1. The van der Waals surface area contributed by atoms with Gasteiger partial charge in [-0.3, -0.25) is 9.52 Å². The Balaban J connectivity index is 1.73. The molecule has 0 spiro atoms. The number of anilines is 2. The molecule has 1 aromatic heterocycles. The molecule has 0 radical (unpaired) electrons. The number of hydrogen-bond donors (Lipinski definition) is 2. The second kappa shape index (κ2) is 10.4. The van der Waals surface area contributed by atoms with E-state index in [4.69, 9.17) is 0 Å². The van der Waals surface area contributed by atoms with Crippen molar-refractivity contribution in [3.8, 4) is 0 Å². The van der Waals surface area contributed by atoms with Crippen LogP contribution in [-0.4, -0.2) is 32.4 Å². The lowest BCUT2D eigenvalue weighted by atomic mass is 10.1. The quantitative estimate of drug-likeness (QED) is 0.491. The van der Waals surface area contributed by atoms with Gasteiger partial charge in [-0.15, -0.1) is 0 Å². The van der Waals surface area contributed by atoms with Crippen molar-refractivity contribution < 1.29 is 17.6 Å². The normalized spacial score (nSPS) is 11.2. The zero-order valence-electron chi connectivity index (χ0n) is 18.8. The van der Waals surface area contributed by atoms with Crippen molar-refractivity contribution >= 4 is 27.4 Å². The summed E-state index contributed by atoms with van der Waals surface area (Å²) in [4.78, 5) is 19.2. The highest BCUT2D eigenvalue weighted by Gasteiger charge is 2.19. The van der Waals surface area contributed by atoms with Crippen LogP contribution in [0.5, 0.6) is 0 Å². The van der Waals surface area contributed by atoms with Gasteiger partial charge in [-0.2, -0.15) is 0 Å². The van der Waals surface area contributed by atoms with E-state index in [1.807, 2.05) is 12.1 Å². The Morgan fingerprint density at radius 2 is 1.79 bits per heavy atom. The van der Waals surface area contributed by atoms with Gasteiger partial charge in [0.25, 0.3) is 15.9 Å². The first-order chi connectivity index (χ1) is 15.7. The molecule has 7 nitrogen and oxygen atoms in total. The van der Waals surface area contributed by atoms with Gasteiger partial charge in [0.2, 0.25) is 0 Å². The smallest absolute Gasteiger partial charge is 0.262 e. The highest BCUT2D eigenvalue weighted by atomic mass is 32.2. The minimum atomic E-state index is -4.08. The molecule has 0 aliphatic heterocycles. The van der Waals surface area contributed by atoms with Gasteiger partial charge in [0, 0.05) is 31.4 Å². The van der Waals surface area contributed by atoms with Gasteiger partial charge in [0.1, 0.15) is 11.6 Å². The number of nitrogens with zero attached hydrogens (tertiary/aromatic N) is 2. The van der Waals surface area contributed by atoms with Crippen LogP contribution < -0.4 is 14.9 Å². The summed E-state index contributed by atoms with van der Waals surface area (Å²) in [6, 6.07) is 13.5. The van der Waals surface area contributed by atoms with Crippen molar-refractivity contribution in [1.29, 1.82) is 0 Å². The van der Waals surface area contributed by atoms with Crippen LogP contribution in [-0.2, 0) is 16.6 Å². The summed E-state index contributed by atoms with van der Waals surface area (Å²) in [5, 5.41) is 2.80. The van der Waals surface area contributed by atoms with Crippen LogP contribution in [0.2, 0.25) is 0 Å². The summed E-state index contributed by atoms with van der Waals surface area (Å²) in [5.41, 5.74) is 1.50. The third-order valence-corrected chi connectivity index (χ3v) is 6.59. The number of hydrogen-bond acceptors (Lipinski definition) is 5. The number of pyridine rings is 1. The highest BCUT2D eigenvalue weighted by Crippen LogP contribution is 2.21. The van der Waals surface area contributed by atoms with E-state index in [2.05, 4.69) is 33.8 Å². The lowest BCUT2D eigenvalue weighted by molar-refractivity contribution is 0.0950. The monoisotopic (exact) mass is 470 g/mol. The van der Waals surface area contributed by atoms with Crippen LogP contribution in [0.1, 0.15) is 35.3 Å². The minimum absolute atomic E-state index is 0.133. The highest BCUT2D eigenvalue weighted by molar-refractivity contribution is 7.92. The van der Waals surface area contributed by atoms with E-state index in [0.29, 0.717) is 5.56 Å². The van der Waals surface area contributed by atoms with Crippen molar-refractivity contribution in [2.45, 2.75) is 32.2 Å². The van der Waals surface area contributed by atoms with E-state index < -0.39 is 21.7 Å². The summed E-state index contributed by atoms with van der Waals surface area (Å²) >= 11 is 0. The molecule has 1 amide bonds. The summed E-state index contributed by atoms with van der Waals surface area (Å²) in [5.74, 6) is -0.235. The van der Waals surface area contributed by atoms with E-state index in [1.54, 1.807) is 19.2 Å². The summed E-state index contributed by atoms with van der Waals surface area (Å²) < 4.78 is 41.6. The Morgan fingerprint density at radius 1 is 1.06 bits per heavy atom. The number of aryl methyl sites for hydroxylation is 1. The van der Waals surface area contributed by atoms with Gasteiger partial charge in [-0.1, -0.05) is 24.3 Å². The molecule has 0 saturated carbocycles. The molecule has 0 aliphatic carbocycles. The second-order valence-electron chi connectivity index (χ2n) is 7.44. The topological polar surface area (TPSA) is 91.4 Å². The average Bonchev–Trinajstić information content (AvgIpc) is 2.80. The first-order valence-corrected chi connectivity index (χ1v) is 12.1. The molecule has 174 valence electrons. The van der Waals surface area contributed by atoms with Crippen LogP contribution in [0, 0.1) is 12.7 Å². The summed E-state index contributed by atoms with van der Waals surface area (Å²) in [7, 11) is -4.08. The molecule has 0 aliphatic rings. The third kappa shape index (κ3) is 5.87. The number of halogens is 1. The van der Waals surface area contributed by atoms with Gasteiger partial charge in [0.05, 0.1) is 10.6 Å². The maximum atomic E-state index is 13.9. The minimum Gasteiger partial charge on any atom is -0.357 e. The Bertz CT molecular complexity index is 1230. The van der Waals surface area contributed by atoms with Gasteiger partial charge < -0.3 is 10.2 Å².